The normalized spacial score (nSPS) is 13.7. The first-order valence-corrected chi connectivity index (χ1v) is 12.6. The smallest absolute Gasteiger partial charge is 0.338 e. The molecule has 0 bridgehead atoms. The molecule has 1 fully saturated rings. The van der Waals surface area contributed by atoms with Gasteiger partial charge in [-0.1, -0.05) is 66.7 Å². The Labute approximate surface area is 204 Å². The maximum atomic E-state index is 12.8. The molecule has 0 aliphatic carbocycles. The van der Waals surface area contributed by atoms with Crippen LogP contribution in [-0.4, -0.2) is 50.0 Å². The van der Waals surface area contributed by atoms with E-state index < -0.39 is 28.5 Å². The van der Waals surface area contributed by atoms with E-state index in [4.69, 9.17) is 4.74 Å². The zero-order chi connectivity index (χ0) is 24.7. The monoisotopic (exact) mass is 491 g/mol. The number of benzene rings is 3. The van der Waals surface area contributed by atoms with Crippen LogP contribution in [0.3, 0.4) is 0 Å². The predicted octanol–water partition coefficient (Wildman–Crippen LogP) is 3.20. The van der Waals surface area contributed by atoms with Gasteiger partial charge in [0.1, 0.15) is 0 Å². The molecule has 1 saturated heterocycles. The van der Waals surface area contributed by atoms with Crippen molar-refractivity contribution in [2.45, 2.75) is 17.7 Å². The van der Waals surface area contributed by atoms with Crippen LogP contribution in [0.4, 0.5) is 0 Å². The van der Waals surface area contributed by atoms with E-state index in [0.29, 0.717) is 18.8 Å². The van der Waals surface area contributed by atoms with Crippen molar-refractivity contribution in [3.63, 3.8) is 0 Å². The van der Waals surface area contributed by atoms with Crippen LogP contribution < -0.4 is 5.43 Å². The SMILES string of the molecule is O=C(COC(=O)c1cccc(S(=O)(=O)N2CCCC2)c1)NN=C(c1ccccc1)c1ccccc1. The third-order valence-corrected chi connectivity index (χ3v) is 7.39. The van der Waals surface area contributed by atoms with Crippen LogP contribution in [0.5, 0.6) is 0 Å². The number of sulfonamides is 1. The first-order valence-electron chi connectivity index (χ1n) is 11.2. The number of amides is 1. The third-order valence-electron chi connectivity index (χ3n) is 5.49. The summed E-state index contributed by atoms with van der Waals surface area (Å²) < 4.78 is 32.0. The topological polar surface area (TPSA) is 105 Å². The molecule has 0 aromatic heterocycles. The van der Waals surface area contributed by atoms with Crippen molar-refractivity contribution >= 4 is 27.6 Å². The van der Waals surface area contributed by atoms with Crippen LogP contribution in [0.25, 0.3) is 0 Å². The number of hydrogen-bond donors (Lipinski definition) is 1. The second-order valence-electron chi connectivity index (χ2n) is 7.94. The van der Waals surface area contributed by atoms with Gasteiger partial charge in [-0.25, -0.2) is 18.6 Å². The fraction of sp³-hybridized carbons (Fsp3) is 0.192. The zero-order valence-electron chi connectivity index (χ0n) is 19.0. The first kappa shape index (κ1) is 24.3. The molecule has 9 heteroatoms. The lowest BCUT2D eigenvalue weighted by molar-refractivity contribution is -0.124. The summed E-state index contributed by atoms with van der Waals surface area (Å²) in [6.07, 6.45) is 1.63. The van der Waals surface area contributed by atoms with Gasteiger partial charge >= 0.3 is 5.97 Å². The maximum absolute atomic E-state index is 12.8. The van der Waals surface area contributed by atoms with Gasteiger partial charge in [-0.05, 0) is 31.0 Å². The average Bonchev–Trinajstić information content (AvgIpc) is 3.45. The summed E-state index contributed by atoms with van der Waals surface area (Å²) in [4.78, 5) is 24.9. The van der Waals surface area contributed by atoms with Crippen molar-refractivity contribution in [1.29, 1.82) is 0 Å². The van der Waals surface area contributed by atoms with Crippen molar-refractivity contribution in [1.82, 2.24) is 9.73 Å². The highest BCUT2D eigenvalue weighted by Gasteiger charge is 2.27. The fourth-order valence-electron chi connectivity index (χ4n) is 3.71. The number of ether oxygens (including phenoxy) is 1. The van der Waals surface area contributed by atoms with Gasteiger partial charge in [0.2, 0.25) is 10.0 Å². The first-order chi connectivity index (χ1) is 16.9. The second kappa shape index (κ2) is 11.1. The van der Waals surface area contributed by atoms with E-state index in [2.05, 4.69) is 10.5 Å². The van der Waals surface area contributed by atoms with E-state index in [0.717, 1.165) is 24.0 Å². The highest BCUT2D eigenvalue weighted by Crippen LogP contribution is 2.21. The average molecular weight is 492 g/mol. The summed E-state index contributed by atoms with van der Waals surface area (Å²) in [7, 11) is -3.67. The van der Waals surface area contributed by atoms with Gasteiger partial charge in [0.15, 0.2) is 6.61 Å². The molecule has 1 N–H and O–H groups in total. The molecule has 180 valence electrons. The molecule has 0 saturated carbocycles. The summed E-state index contributed by atoms with van der Waals surface area (Å²) in [5.74, 6) is -1.42. The molecule has 3 aromatic carbocycles. The summed E-state index contributed by atoms with van der Waals surface area (Å²) >= 11 is 0. The molecule has 4 rings (SSSR count). The van der Waals surface area contributed by atoms with Crippen molar-refractivity contribution in [3.8, 4) is 0 Å². The molecule has 0 spiro atoms. The molecule has 0 atom stereocenters. The number of hydrazone groups is 1. The highest BCUT2D eigenvalue weighted by molar-refractivity contribution is 7.89. The number of hydrogen-bond acceptors (Lipinski definition) is 6. The minimum absolute atomic E-state index is 0.0262. The number of nitrogens with one attached hydrogen (secondary N) is 1. The summed E-state index contributed by atoms with van der Waals surface area (Å²) in [6.45, 7) is 0.361. The lowest BCUT2D eigenvalue weighted by Crippen LogP contribution is -2.28. The quantitative estimate of drug-likeness (QED) is 0.296. The zero-order valence-corrected chi connectivity index (χ0v) is 19.8. The molecule has 8 nitrogen and oxygen atoms in total. The van der Waals surface area contributed by atoms with E-state index in [1.807, 2.05) is 60.7 Å². The van der Waals surface area contributed by atoms with Crippen LogP contribution in [0, 0.1) is 0 Å². The van der Waals surface area contributed by atoms with Crippen LogP contribution in [0.2, 0.25) is 0 Å². The Hall–Kier alpha value is -3.82. The molecule has 1 heterocycles. The number of esters is 1. The molecule has 1 amide bonds. The number of nitrogens with zero attached hydrogens (tertiary/aromatic N) is 2. The van der Waals surface area contributed by atoms with Gasteiger partial charge in [-0.3, -0.25) is 4.79 Å². The Morgan fingerprint density at radius 3 is 2.00 bits per heavy atom. The van der Waals surface area contributed by atoms with E-state index in [1.165, 1.54) is 28.6 Å². The standard InChI is InChI=1S/C26H25N3O5S/c30-24(27-28-25(20-10-3-1-4-11-20)21-12-5-2-6-13-21)19-34-26(31)22-14-9-15-23(18-22)35(32,33)29-16-7-8-17-29/h1-6,9-15,18H,7-8,16-17,19H2,(H,27,30). The van der Waals surface area contributed by atoms with Crippen molar-refractivity contribution in [3.05, 3.63) is 102 Å². The second-order valence-corrected chi connectivity index (χ2v) is 9.88. The number of carbonyl (C=O) groups excluding carboxylic acids is 2. The van der Waals surface area contributed by atoms with Crippen LogP contribution in [-0.2, 0) is 19.6 Å². The molecular weight excluding hydrogens is 466 g/mol. The summed E-state index contributed by atoms with van der Waals surface area (Å²) in [5, 5.41) is 4.25. The van der Waals surface area contributed by atoms with Crippen molar-refractivity contribution < 1.29 is 22.7 Å². The van der Waals surface area contributed by atoms with Gasteiger partial charge < -0.3 is 4.74 Å². The Kier molecular flexibility index (Phi) is 7.69. The van der Waals surface area contributed by atoms with E-state index in [1.54, 1.807) is 0 Å². The van der Waals surface area contributed by atoms with E-state index in [-0.39, 0.29) is 10.5 Å². The third kappa shape index (κ3) is 6.00. The van der Waals surface area contributed by atoms with Gasteiger partial charge in [0.25, 0.3) is 5.91 Å². The van der Waals surface area contributed by atoms with Crippen molar-refractivity contribution in [2.24, 2.45) is 5.10 Å². The summed E-state index contributed by atoms with van der Waals surface area (Å²) in [6, 6.07) is 24.4. The largest absolute Gasteiger partial charge is 0.452 e. The van der Waals surface area contributed by atoms with Gasteiger partial charge in [0, 0.05) is 24.2 Å². The molecule has 3 aromatic rings. The van der Waals surface area contributed by atoms with Gasteiger partial charge in [0.05, 0.1) is 16.2 Å². The van der Waals surface area contributed by atoms with E-state index in [9.17, 15) is 18.0 Å². The molecule has 0 unspecified atom stereocenters. The minimum atomic E-state index is -3.67. The predicted molar refractivity (Wildman–Crippen MR) is 131 cm³/mol. The highest BCUT2D eigenvalue weighted by atomic mass is 32.2. The van der Waals surface area contributed by atoms with Gasteiger partial charge in [-0.2, -0.15) is 9.41 Å². The summed E-state index contributed by atoms with van der Waals surface area (Å²) in [5.41, 5.74) is 4.67. The van der Waals surface area contributed by atoms with Crippen LogP contribution >= 0.6 is 0 Å². The van der Waals surface area contributed by atoms with Crippen LogP contribution in [0.15, 0.2) is 94.9 Å². The number of carbonyl (C=O) groups is 2. The maximum Gasteiger partial charge on any atom is 0.338 e. The Balaban J connectivity index is 1.41. The molecule has 1 aliphatic rings. The Morgan fingerprint density at radius 2 is 1.40 bits per heavy atom. The Morgan fingerprint density at radius 1 is 0.829 bits per heavy atom. The fourth-order valence-corrected chi connectivity index (χ4v) is 5.28. The van der Waals surface area contributed by atoms with Crippen molar-refractivity contribution in [2.75, 3.05) is 19.7 Å². The van der Waals surface area contributed by atoms with Gasteiger partial charge in [-0.15, -0.1) is 0 Å². The lowest BCUT2D eigenvalue weighted by atomic mass is 10.0. The Bertz CT molecular complexity index is 1280. The molecule has 0 radical (unpaired) electrons. The number of rotatable bonds is 8. The van der Waals surface area contributed by atoms with Crippen LogP contribution in [0.1, 0.15) is 34.3 Å². The lowest BCUT2D eigenvalue weighted by Gasteiger charge is -2.15. The molecule has 35 heavy (non-hydrogen) atoms. The molecule has 1 aliphatic heterocycles. The van der Waals surface area contributed by atoms with E-state index >= 15 is 0 Å². The minimum Gasteiger partial charge on any atom is -0.452 e. The molecular formula is C26H25N3O5S.